The lowest BCUT2D eigenvalue weighted by atomic mass is 10.0. The Kier molecular flexibility index (Phi) is 3.54. The van der Waals surface area contributed by atoms with Crippen LogP contribution < -0.4 is 0 Å². The van der Waals surface area contributed by atoms with Crippen LogP contribution in [-0.2, 0) is 6.54 Å². The van der Waals surface area contributed by atoms with Crippen LogP contribution in [0.1, 0.15) is 29.5 Å². The molecule has 20 heavy (non-hydrogen) atoms. The lowest BCUT2D eigenvalue weighted by molar-refractivity contribution is 0.166. The quantitative estimate of drug-likeness (QED) is 0.935. The minimum atomic E-state index is -0.396. The molecule has 4 nitrogen and oxygen atoms in total. The number of aromatic nitrogens is 1. The van der Waals surface area contributed by atoms with E-state index in [4.69, 9.17) is 4.52 Å². The number of aliphatic hydroxyl groups excluding tert-OH is 1. The summed E-state index contributed by atoms with van der Waals surface area (Å²) in [5, 5.41) is 13.8. The Bertz CT molecular complexity index is 599. The van der Waals surface area contributed by atoms with Gasteiger partial charge in [0.05, 0.1) is 18.3 Å². The first-order valence-electron chi connectivity index (χ1n) is 6.71. The molecule has 0 radical (unpaired) electrons. The van der Waals surface area contributed by atoms with E-state index in [-0.39, 0.29) is 11.9 Å². The fraction of sp³-hybridized carbons (Fsp3) is 0.400. The summed E-state index contributed by atoms with van der Waals surface area (Å²) in [4.78, 5) is 2.10. The summed E-state index contributed by atoms with van der Waals surface area (Å²) in [6, 6.07) is 8.44. The van der Waals surface area contributed by atoms with E-state index in [0.717, 1.165) is 17.0 Å². The maximum absolute atomic E-state index is 13.4. The first-order chi connectivity index (χ1) is 9.61. The van der Waals surface area contributed by atoms with Gasteiger partial charge in [-0.3, -0.25) is 4.90 Å². The summed E-state index contributed by atoms with van der Waals surface area (Å²) in [5.41, 5.74) is 1.72. The largest absolute Gasteiger partial charge is 0.392 e. The average molecular weight is 276 g/mol. The van der Waals surface area contributed by atoms with E-state index in [1.54, 1.807) is 6.07 Å². The molecule has 1 N–H and O–H groups in total. The van der Waals surface area contributed by atoms with Crippen molar-refractivity contribution in [2.75, 3.05) is 6.54 Å². The van der Waals surface area contributed by atoms with Gasteiger partial charge in [-0.2, -0.15) is 0 Å². The second kappa shape index (κ2) is 5.34. The molecule has 1 aliphatic heterocycles. The number of nitrogens with zero attached hydrogens (tertiary/aromatic N) is 2. The van der Waals surface area contributed by atoms with Crippen molar-refractivity contribution in [3.8, 4) is 0 Å². The summed E-state index contributed by atoms with van der Waals surface area (Å²) in [6.07, 6.45) is 0.212. The molecule has 106 valence electrons. The normalized spacial score (nSPS) is 23.4. The Hall–Kier alpha value is -1.72. The van der Waals surface area contributed by atoms with Gasteiger partial charge in [0.25, 0.3) is 0 Å². The van der Waals surface area contributed by atoms with Crippen LogP contribution in [0.2, 0.25) is 0 Å². The average Bonchev–Trinajstić information content (AvgIpc) is 2.96. The van der Waals surface area contributed by atoms with E-state index < -0.39 is 6.10 Å². The maximum atomic E-state index is 13.4. The third-order valence-electron chi connectivity index (χ3n) is 3.65. The van der Waals surface area contributed by atoms with E-state index in [9.17, 15) is 9.50 Å². The maximum Gasteiger partial charge on any atom is 0.150 e. The van der Waals surface area contributed by atoms with Gasteiger partial charge in [-0.1, -0.05) is 17.3 Å². The smallest absolute Gasteiger partial charge is 0.150 e. The SMILES string of the molecule is Cc1cc(CN2C[C@@H](O)C[C@@H]2c2cccc(F)c2)on1. The highest BCUT2D eigenvalue weighted by Gasteiger charge is 2.32. The third kappa shape index (κ3) is 2.73. The summed E-state index contributed by atoms with van der Waals surface area (Å²) in [5.74, 6) is 0.511. The molecule has 0 aliphatic carbocycles. The van der Waals surface area contributed by atoms with E-state index >= 15 is 0 Å². The molecule has 2 heterocycles. The molecule has 1 aromatic carbocycles. The number of halogens is 1. The monoisotopic (exact) mass is 276 g/mol. The zero-order chi connectivity index (χ0) is 14.1. The number of aryl methyl sites for hydroxylation is 1. The molecule has 0 saturated carbocycles. The second-order valence-corrected chi connectivity index (χ2v) is 5.32. The number of aliphatic hydroxyl groups is 1. The van der Waals surface area contributed by atoms with Crippen LogP contribution in [0, 0.1) is 12.7 Å². The van der Waals surface area contributed by atoms with Crippen molar-refractivity contribution in [2.24, 2.45) is 0 Å². The van der Waals surface area contributed by atoms with Gasteiger partial charge in [0, 0.05) is 18.7 Å². The van der Waals surface area contributed by atoms with Crippen molar-refractivity contribution >= 4 is 0 Å². The van der Waals surface area contributed by atoms with Crippen molar-refractivity contribution in [3.63, 3.8) is 0 Å². The third-order valence-corrected chi connectivity index (χ3v) is 3.65. The number of likely N-dealkylation sites (tertiary alicyclic amines) is 1. The highest BCUT2D eigenvalue weighted by Crippen LogP contribution is 2.33. The standard InChI is InChI=1S/C15H17FN2O2/c1-10-5-14(20-17-10)9-18-8-13(19)7-15(18)11-3-2-4-12(16)6-11/h2-6,13,15,19H,7-9H2,1H3/t13-,15+/m0/s1. The molecular weight excluding hydrogens is 259 g/mol. The van der Waals surface area contributed by atoms with Crippen LogP contribution in [0.5, 0.6) is 0 Å². The number of β-amino-alcohol motifs (C(OH)–C–C–N with tert-alkyl or cyclic N) is 1. The molecule has 0 unspecified atom stereocenters. The van der Waals surface area contributed by atoms with Crippen molar-refractivity contribution in [1.29, 1.82) is 0 Å². The molecule has 3 rings (SSSR count). The number of rotatable bonds is 3. The molecule has 1 aliphatic rings. The fourth-order valence-electron chi connectivity index (χ4n) is 2.81. The predicted molar refractivity (Wildman–Crippen MR) is 71.4 cm³/mol. The van der Waals surface area contributed by atoms with E-state index in [2.05, 4.69) is 10.1 Å². The fourth-order valence-corrected chi connectivity index (χ4v) is 2.81. The van der Waals surface area contributed by atoms with Crippen LogP contribution >= 0.6 is 0 Å². The highest BCUT2D eigenvalue weighted by atomic mass is 19.1. The van der Waals surface area contributed by atoms with Crippen molar-refractivity contribution in [1.82, 2.24) is 10.1 Å². The Labute approximate surface area is 116 Å². The Morgan fingerprint density at radius 2 is 2.30 bits per heavy atom. The minimum absolute atomic E-state index is 0.00565. The van der Waals surface area contributed by atoms with Gasteiger partial charge < -0.3 is 9.63 Å². The number of hydrogen-bond acceptors (Lipinski definition) is 4. The minimum Gasteiger partial charge on any atom is -0.392 e. The van der Waals surface area contributed by atoms with E-state index in [0.29, 0.717) is 19.5 Å². The van der Waals surface area contributed by atoms with Crippen LogP contribution in [0.15, 0.2) is 34.9 Å². The Morgan fingerprint density at radius 1 is 1.45 bits per heavy atom. The molecule has 1 fully saturated rings. The van der Waals surface area contributed by atoms with E-state index in [1.165, 1.54) is 12.1 Å². The molecule has 5 heteroatoms. The van der Waals surface area contributed by atoms with Gasteiger partial charge in [-0.05, 0) is 31.0 Å². The number of hydrogen-bond donors (Lipinski definition) is 1. The molecule has 1 aromatic heterocycles. The lowest BCUT2D eigenvalue weighted by Crippen LogP contribution is -2.24. The van der Waals surface area contributed by atoms with Gasteiger partial charge in [0.15, 0.2) is 5.76 Å². The van der Waals surface area contributed by atoms with Crippen molar-refractivity contribution < 1.29 is 14.0 Å². The van der Waals surface area contributed by atoms with Gasteiger partial charge in [0.2, 0.25) is 0 Å². The van der Waals surface area contributed by atoms with Crippen LogP contribution in [-0.4, -0.2) is 27.8 Å². The summed E-state index contributed by atoms with van der Waals surface area (Å²) in [7, 11) is 0. The zero-order valence-corrected chi connectivity index (χ0v) is 11.3. The second-order valence-electron chi connectivity index (χ2n) is 5.32. The van der Waals surface area contributed by atoms with Crippen LogP contribution in [0.4, 0.5) is 4.39 Å². The first kappa shape index (κ1) is 13.3. The van der Waals surface area contributed by atoms with Gasteiger partial charge in [-0.15, -0.1) is 0 Å². The van der Waals surface area contributed by atoms with Gasteiger partial charge in [-0.25, -0.2) is 4.39 Å². The van der Waals surface area contributed by atoms with Gasteiger partial charge in [0.1, 0.15) is 5.82 Å². The van der Waals surface area contributed by atoms with Gasteiger partial charge >= 0.3 is 0 Å². The Morgan fingerprint density at radius 3 is 3.00 bits per heavy atom. The Balaban J connectivity index is 1.81. The molecule has 1 saturated heterocycles. The van der Waals surface area contributed by atoms with Crippen molar-refractivity contribution in [2.45, 2.75) is 32.0 Å². The van der Waals surface area contributed by atoms with Crippen LogP contribution in [0.25, 0.3) is 0 Å². The van der Waals surface area contributed by atoms with E-state index in [1.807, 2.05) is 19.1 Å². The molecule has 2 aromatic rings. The molecular formula is C15H17FN2O2. The molecule has 2 atom stereocenters. The number of benzene rings is 1. The molecule has 0 amide bonds. The summed E-state index contributed by atoms with van der Waals surface area (Å²) < 4.78 is 18.6. The van der Waals surface area contributed by atoms with Crippen LogP contribution in [0.3, 0.4) is 0 Å². The first-order valence-corrected chi connectivity index (χ1v) is 6.71. The molecule has 0 spiro atoms. The topological polar surface area (TPSA) is 49.5 Å². The lowest BCUT2D eigenvalue weighted by Gasteiger charge is -2.23. The highest BCUT2D eigenvalue weighted by molar-refractivity contribution is 5.22. The zero-order valence-electron chi connectivity index (χ0n) is 11.3. The predicted octanol–water partition coefficient (Wildman–Crippen LogP) is 2.43. The summed E-state index contributed by atoms with van der Waals surface area (Å²) >= 11 is 0. The summed E-state index contributed by atoms with van der Waals surface area (Å²) in [6.45, 7) is 3.00. The molecule has 0 bridgehead atoms. The van der Waals surface area contributed by atoms with Crippen molar-refractivity contribution in [3.05, 3.63) is 53.2 Å².